The molecule has 5 heterocycles. The molecule has 5 nitrogen and oxygen atoms in total. The van der Waals surface area contributed by atoms with Crippen molar-refractivity contribution in [1.82, 2.24) is 10.2 Å². The van der Waals surface area contributed by atoms with E-state index in [0.29, 0.717) is 23.5 Å². The molecule has 1 N–H and O–H groups in total. The van der Waals surface area contributed by atoms with Gasteiger partial charge in [-0.15, -0.1) is 0 Å². The van der Waals surface area contributed by atoms with Gasteiger partial charge < -0.3 is 14.2 Å². The van der Waals surface area contributed by atoms with E-state index in [9.17, 15) is 4.79 Å². The van der Waals surface area contributed by atoms with Crippen LogP contribution in [0.2, 0.25) is 0 Å². The van der Waals surface area contributed by atoms with Crippen LogP contribution >= 0.6 is 0 Å². The summed E-state index contributed by atoms with van der Waals surface area (Å²) in [4.78, 5) is 15.3. The van der Waals surface area contributed by atoms with Crippen LogP contribution in [0.15, 0.2) is 63.8 Å². The second-order valence-electron chi connectivity index (χ2n) is 7.83. The topological polar surface area (TPSA) is 58.6 Å². The molecule has 28 heavy (non-hydrogen) atoms. The van der Waals surface area contributed by atoms with E-state index in [1.807, 2.05) is 36.4 Å². The number of furan rings is 2. The predicted molar refractivity (Wildman–Crippen MR) is 107 cm³/mol. The minimum Gasteiger partial charge on any atom is -0.472 e. The van der Waals surface area contributed by atoms with Crippen LogP contribution in [0.3, 0.4) is 0 Å². The third kappa shape index (κ3) is 2.96. The Labute approximate surface area is 164 Å². The van der Waals surface area contributed by atoms with E-state index < -0.39 is 0 Å². The van der Waals surface area contributed by atoms with Crippen molar-refractivity contribution >= 4 is 5.91 Å². The molecule has 1 aromatic carbocycles. The van der Waals surface area contributed by atoms with Gasteiger partial charge in [0.1, 0.15) is 5.76 Å². The largest absolute Gasteiger partial charge is 0.472 e. The fraction of sp³-hybridized carbons (Fsp3) is 0.348. The molecule has 6 rings (SSSR count). The van der Waals surface area contributed by atoms with Crippen molar-refractivity contribution in [1.29, 1.82) is 0 Å². The van der Waals surface area contributed by atoms with Crippen molar-refractivity contribution in [2.24, 2.45) is 5.92 Å². The van der Waals surface area contributed by atoms with E-state index in [4.69, 9.17) is 8.83 Å². The second kappa shape index (κ2) is 6.99. The zero-order chi connectivity index (χ0) is 19.1. The van der Waals surface area contributed by atoms with Gasteiger partial charge in [0.25, 0.3) is 5.91 Å². The highest BCUT2D eigenvalue weighted by Gasteiger charge is 2.40. The van der Waals surface area contributed by atoms with Crippen LogP contribution in [0.25, 0.3) is 22.5 Å². The summed E-state index contributed by atoms with van der Waals surface area (Å²) >= 11 is 0. The van der Waals surface area contributed by atoms with Crippen molar-refractivity contribution in [2.45, 2.75) is 31.8 Å². The third-order valence-corrected chi connectivity index (χ3v) is 6.33. The van der Waals surface area contributed by atoms with Crippen LogP contribution in [0.1, 0.15) is 30.3 Å². The van der Waals surface area contributed by atoms with Crippen molar-refractivity contribution in [2.75, 3.05) is 13.1 Å². The fourth-order valence-corrected chi connectivity index (χ4v) is 4.74. The molecule has 3 fully saturated rings. The van der Waals surface area contributed by atoms with Crippen molar-refractivity contribution < 1.29 is 13.6 Å². The van der Waals surface area contributed by atoms with Crippen LogP contribution in [-0.4, -0.2) is 36.0 Å². The molecule has 3 aliphatic heterocycles. The summed E-state index contributed by atoms with van der Waals surface area (Å²) < 4.78 is 11.2. The lowest BCUT2D eigenvalue weighted by Gasteiger charge is -2.49. The highest BCUT2D eigenvalue weighted by atomic mass is 16.4. The van der Waals surface area contributed by atoms with E-state index in [2.05, 4.69) is 17.1 Å². The minimum atomic E-state index is -0.127. The molecule has 2 atom stereocenters. The van der Waals surface area contributed by atoms with Gasteiger partial charge in [-0.1, -0.05) is 24.3 Å². The van der Waals surface area contributed by atoms with E-state index >= 15 is 0 Å². The van der Waals surface area contributed by atoms with E-state index in [1.54, 1.807) is 18.6 Å². The van der Waals surface area contributed by atoms with Crippen LogP contribution in [0, 0.1) is 5.92 Å². The summed E-state index contributed by atoms with van der Waals surface area (Å²) in [7, 11) is 0. The Balaban J connectivity index is 1.38. The summed E-state index contributed by atoms with van der Waals surface area (Å²) in [6, 6.07) is 14.1. The fourth-order valence-electron chi connectivity index (χ4n) is 4.74. The summed E-state index contributed by atoms with van der Waals surface area (Å²) in [5.41, 5.74) is 2.95. The highest BCUT2D eigenvalue weighted by molar-refractivity contribution is 5.93. The number of piperidine rings is 3. The Morgan fingerprint density at radius 3 is 2.57 bits per heavy atom. The SMILES string of the molecule is C[C@H]1[C@H](NC(=O)c2ccc(-c3ccccc3-c3ccoc3)o2)C2CCN1CC2. The number of benzene rings is 1. The average molecular weight is 376 g/mol. The third-order valence-electron chi connectivity index (χ3n) is 6.33. The molecule has 0 radical (unpaired) electrons. The van der Waals surface area contributed by atoms with Gasteiger partial charge >= 0.3 is 0 Å². The molecule has 2 bridgehead atoms. The standard InChI is InChI=1S/C23H24N2O3/c1-15-22(16-8-11-25(15)12-9-16)24-23(26)21-7-6-20(28-21)19-5-3-2-4-18(19)17-10-13-27-14-17/h2-7,10,13-16,22H,8-9,11-12H2,1H3,(H,24,26)/t15-,22-/m0/s1. The number of nitrogens with one attached hydrogen (secondary N) is 1. The summed E-state index contributed by atoms with van der Waals surface area (Å²) in [6.07, 6.45) is 5.69. The van der Waals surface area contributed by atoms with Crippen LogP contribution < -0.4 is 5.32 Å². The Morgan fingerprint density at radius 1 is 1.07 bits per heavy atom. The first-order chi connectivity index (χ1) is 13.7. The molecule has 3 aromatic rings. The maximum atomic E-state index is 12.9. The normalized spacial score (nSPS) is 26.3. The molecule has 0 spiro atoms. The van der Waals surface area contributed by atoms with Crippen LogP contribution in [0.5, 0.6) is 0 Å². The van der Waals surface area contributed by atoms with Gasteiger partial charge in [0.05, 0.1) is 12.5 Å². The average Bonchev–Trinajstić information content (AvgIpc) is 3.43. The van der Waals surface area contributed by atoms with Crippen molar-refractivity contribution in [3.05, 3.63) is 60.8 Å². The maximum Gasteiger partial charge on any atom is 0.287 e. The summed E-state index contributed by atoms with van der Waals surface area (Å²) in [6.45, 7) is 4.51. The van der Waals surface area contributed by atoms with Gasteiger partial charge in [-0.25, -0.2) is 0 Å². The minimum absolute atomic E-state index is 0.127. The quantitative estimate of drug-likeness (QED) is 0.732. The number of nitrogens with zero attached hydrogens (tertiary/aromatic N) is 1. The number of hydrogen-bond acceptors (Lipinski definition) is 4. The first kappa shape index (κ1) is 17.3. The lowest BCUT2D eigenvalue weighted by molar-refractivity contribution is 0.0211. The molecule has 0 unspecified atom stereocenters. The molecule has 5 heteroatoms. The number of rotatable bonds is 4. The summed E-state index contributed by atoms with van der Waals surface area (Å²) in [5, 5.41) is 3.23. The van der Waals surface area contributed by atoms with Crippen LogP contribution in [0.4, 0.5) is 0 Å². The number of amides is 1. The molecular formula is C23H24N2O3. The van der Waals surface area contributed by atoms with E-state index in [-0.39, 0.29) is 11.9 Å². The zero-order valence-corrected chi connectivity index (χ0v) is 15.9. The Bertz CT molecular complexity index is 965. The zero-order valence-electron chi connectivity index (χ0n) is 15.9. The Hall–Kier alpha value is -2.79. The van der Waals surface area contributed by atoms with Gasteiger partial charge in [0.15, 0.2) is 5.76 Å². The lowest BCUT2D eigenvalue weighted by Crippen LogP contribution is -2.62. The van der Waals surface area contributed by atoms with Crippen molar-refractivity contribution in [3.63, 3.8) is 0 Å². The van der Waals surface area contributed by atoms with Gasteiger partial charge in [-0.05, 0) is 62.5 Å². The monoisotopic (exact) mass is 376 g/mol. The second-order valence-corrected chi connectivity index (χ2v) is 7.83. The molecule has 2 aromatic heterocycles. The number of carbonyl (C=O) groups excluding carboxylic acids is 1. The van der Waals surface area contributed by atoms with Gasteiger partial charge in [-0.3, -0.25) is 9.69 Å². The van der Waals surface area contributed by atoms with Gasteiger partial charge in [0, 0.05) is 23.2 Å². The molecule has 0 aliphatic carbocycles. The Kier molecular flexibility index (Phi) is 4.32. The van der Waals surface area contributed by atoms with Gasteiger partial charge in [-0.2, -0.15) is 0 Å². The lowest BCUT2D eigenvalue weighted by atomic mass is 9.79. The maximum absolute atomic E-state index is 12.9. The number of fused-ring (bicyclic) bond motifs is 3. The Morgan fingerprint density at radius 2 is 1.86 bits per heavy atom. The summed E-state index contributed by atoms with van der Waals surface area (Å²) in [5.74, 6) is 1.49. The molecule has 0 saturated carbocycles. The molecule has 144 valence electrons. The number of carbonyl (C=O) groups is 1. The molecule has 1 amide bonds. The highest BCUT2D eigenvalue weighted by Crippen LogP contribution is 2.34. The molecule has 3 saturated heterocycles. The van der Waals surface area contributed by atoms with Gasteiger partial charge in [0.2, 0.25) is 0 Å². The number of hydrogen-bond donors (Lipinski definition) is 1. The first-order valence-electron chi connectivity index (χ1n) is 9.97. The van der Waals surface area contributed by atoms with Crippen molar-refractivity contribution in [3.8, 4) is 22.5 Å². The smallest absolute Gasteiger partial charge is 0.287 e. The van der Waals surface area contributed by atoms with E-state index in [1.165, 1.54) is 0 Å². The van der Waals surface area contributed by atoms with Crippen LogP contribution in [-0.2, 0) is 0 Å². The first-order valence-corrected chi connectivity index (χ1v) is 9.97. The molecule has 3 aliphatic rings. The van der Waals surface area contributed by atoms with E-state index in [0.717, 1.165) is 42.6 Å². The predicted octanol–water partition coefficient (Wildman–Crippen LogP) is 4.42. The molecular weight excluding hydrogens is 352 g/mol.